The van der Waals surface area contributed by atoms with Gasteiger partial charge >= 0.3 is 12.1 Å². The molecule has 3 aliphatic carbocycles. The zero-order valence-electron chi connectivity index (χ0n) is 23.7. The molecule has 4 fully saturated rings. The summed E-state index contributed by atoms with van der Waals surface area (Å²) in [5.74, 6) is 0. The van der Waals surface area contributed by atoms with Crippen molar-refractivity contribution < 1.29 is 14.3 Å². The molecular weight excluding hydrogens is 488 g/mol. The summed E-state index contributed by atoms with van der Waals surface area (Å²) in [5, 5.41) is 6.52. The smallest absolute Gasteiger partial charge is 0.407 e. The highest BCUT2D eigenvalue weighted by Crippen LogP contribution is 2.47. The van der Waals surface area contributed by atoms with Gasteiger partial charge in [0.1, 0.15) is 6.10 Å². The number of hydrogen-bond acceptors (Lipinski definition) is 4. The van der Waals surface area contributed by atoms with Crippen LogP contribution in [0.1, 0.15) is 108 Å². The number of para-hydroxylation sites is 1. The van der Waals surface area contributed by atoms with Gasteiger partial charge in [-0.25, -0.2) is 9.59 Å². The maximum atomic E-state index is 13.5. The third-order valence-corrected chi connectivity index (χ3v) is 10.5. The van der Waals surface area contributed by atoms with E-state index in [-0.39, 0.29) is 29.7 Å². The molecular formula is C32H48N4O3. The second-order valence-electron chi connectivity index (χ2n) is 13.0. The van der Waals surface area contributed by atoms with Gasteiger partial charge in [0.2, 0.25) is 0 Å². The summed E-state index contributed by atoms with van der Waals surface area (Å²) in [6.45, 7) is 2.75. The van der Waals surface area contributed by atoms with Crippen molar-refractivity contribution in [3.05, 3.63) is 29.8 Å². The quantitative estimate of drug-likeness (QED) is 0.477. The van der Waals surface area contributed by atoms with E-state index in [4.69, 9.17) is 4.74 Å². The lowest BCUT2D eigenvalue weighted by atomic mass is 9.73. The van der Waals surface area contributed by atoms with E-state index in [2.05, 4.69) is 39.8 Å². The predicted molar refractivity (Wildman–Crippen MR) is 154 cm³/mol. The Bertz CT molecular complexity index is 995. The first kappa shape index (κ1) is 26.9. The highest BCUT2D eigenvalue weighted by molar-refractivity contribution is 5.95. The number of urea groups is 1. The fourth-order valence-corrected chi connectivity index (χ4v) is 8.24. The zero-order valence-corrected chi connectivity index (χ0v) is 23.7. The van der Waals surface area contributed by atoms with Crippen molar-refractivity contribution in [1.82, 2.24) is 15.5 Å². The summed E-state index contributed by atoms with van der Waals surface area (Å²) in [7, 11) is 0. The predicted octanol–water partition coefficient (Wildman–Crippen LogP) is 6.25. The van der Waals surface area contributed by atoms with Gasteiger partial charge in [0.05, 0.1) is 0 Å². The number of carbonyl (C=O) groups excluding carboxylic acids is 2. The summed E-state index contributed by atoms with van der Waals surface area (Å²) in [6, 6.07) is 9.56. The highest BCUT2D eigenvalue weighted by atomic mass is 16.6. The number of fused-ring (bicyclic) bond motifs is 2. The Morgan fingerprint density at radius 2 is 1.38 bits per heavy atom. The maximum absolute atomic E-state index is 13.5. The van der Waals surface area contributed by atoms with Crippen LogP contribution in [0.3, 0.4) is 0 Å². The van der Waals surface area contributed by atoms with Gasteiger partial charge in [-0.05, 0) is 82.5 Å². The van der Waals surface area contributed by atoms with Gasteiger partial charge < -0.3 is 15.4 Å². The number of benzene rings is 1. The molecule has 7 nitrogen and oxygen atoms in total. The van der Waals surface area contributed by atoms with Crippen molar-refractivity contribution in [3.63, 3.8) is 0 Å². The van der Waals surface area contributed by atoms with Crippen LogP contribution in [0.2, 0.25) is 0 Å². The summed E-state index contributed by atoms with van der Waals surface area (Å²) < 4.78 is 6.10. The van der Waals surface area contributed by atoms with E-state index in [1.807, 2.05) is 4.90 Å². The summed E-state index contributed by atoms with van der Waals surface area (Å²) in [5.41, 5.74) is 2.45. The standard InChI is InChI=1S/C32H48N4O3/c37-30(33-24-11-3-1-4-12-24)36-23-32(26-15-7-8-16-27(26)36)19-21-35(22-20-32)28-17-9-10-18-29(28)39-31(38)34-25-13-5-2-6-14-25/h7-8,15-16,24-25,28-29H,1-6,9-14,17-23H2,(H,33,37)(H,34,38)/t28-,29-/m0/s1. The highest BCUT2D eigenvalue weighted by Gasteiger charge is 2.48. The number of hydrogen-bond donors (Lipinski definition) is 2. The van der Waals surface area contributed by atoms with Gasteiger partial charge in [0, 0.05) is 35.8 Å². The van der Waals surface area contributed by atoms with Crippen molar-refractivity contribution in [1.29, 1.82) is 0 Å². The van der Waals surface area contributed by atoms with E-state index in [0.29, 0.717) is 12.1 Å². The number of ether oxygens (including phenoxy) is 1. The van der Waals surface area contributed by atoms with E-state index >= 15 is 0 Å². The average Bonchev–Trinajstić information content (AvgIpc) is 3.29. The molecule has 2 N–H and O–H groups in total. The second-order valence-corrected chi connectivity index (χ2v) is 13.0. The second kappa shape index (κ2) is 12.1. The van der Waals surface area contributed by atoms with Gasteiger partial charge in [-0.3, -0.25) is 9.80 Å². The third kappa shape index (κ3) is 5.94. The largest absolute Gasteiger partial charge is 0.445 e. The van der Waals surface area contributed by atoms with Gasteiger partial charge in [-0.15, -0.1) is 0 Å². The number of piperidine rings is 1. The third-order valence-electron chi connectivity index (χ3n) is 10.5. The number of rotatable bonds is 4. The topological polar surface area (TPSA) is 73.9 Å². The Morgan fingerprint density at radius 3 is 2.10 bits per heavy atom. The molecule has 0 unspecified atom stereocenters. The minimum atomic E-state index is -0.211. The molecule has 39 heavy (non-hydrogen) atoms. The minimum Gasteiger partial charge on any atom is -0.445 e. The van der Waals surface area contributed by atoms with Gasteiger partial charge in [0.25, 0.3) is 0 Å². The molecule has 5 aliphatic rings. The Kier molecular flexibility index (Phi) is 8.33. The minimum absolute atomic E-state index is 0.0143. The first-order valence-electron chi connectivity index (χ1n) is 16.0. The lowest BCUT2D eigenvalue weighted by molar-refractivity contribution is -0.0121. The van der Waals surface area contributed by atoms with Crippen LogP contribution >= 0.6 is 0 Å². The number of nitrogens with zero attached hydrogens (tertiary/aromatic N) is 2. The van der Waals surface area contributed by atoms with Crippen LogP contribution in [0.15, 0.2) is 24.3 Å². The molecule has 2 heterocycles. The SMILES string of the molecule is O=C(NC1CCCCC1)O[C@H]1CCCC[C@@H]1N1CCC2(CC1)CN(C(=O)NC1CCCCC1)c1ccccc12. The molecule has 7 heteroatoms. The fraction of sp³-hybridized carbons (Fsp3) is 0.750. The average molecular weight is 537 g/mol. The Balaban J connectivity index is 1.09. The van der Waals surface area contributed by atoms with Crippen LogP contribution in [0.5, 0.6) is 0 Å². The molecule has 0 aromatic heterocycles. The van der Waals surface area contributed by atoms with E-state index in [1.165, 1.54) is 50.5 Å². The van der Waals surface area contributed by atoms with Gasteiger partial charge in [0.15, 0.2) is 0 Å². The van der Waals surface area contributed by atoms with E-state index in [0.717, 1.165) is 83.1 Å². The van der Waals surface area contributed by atoms with Crippen LogP contribution in [0.25, 0.3) is 0 Å². The van der Waals surface area contributed by atoms with Crippen LogP contribution in [0, 0.1) is 0 Å². The molecule has 0 radical (unpaired) electrons. The van der Waals surface area contributed by atoms with Crippen molar-refractivity contribution in [2.24, 2.45) is 0 Å². The Labute approximate surface area is 234 Å². The molecule has 1 saturated heterocycles. The molecule has 6 rings (SSSR count). The Morgan fingerprint density at radius 1 is 0.769 bits per heavy atom. The lowest BCUT2D eigenvalue weighted by Gasteiger charge is -2.46. The van der Waals surface area contributed by atoms with Crippen molar-refractivity contribution in [2.75, 3.05) is 24.5 Å². The monoisotopic (exact) mass is 536 g/mol. The molecule has 1 aromatic carbocycles. The van der Waals surface area contributed by atoms with Crippen molar-refractivity contribution in [3.8, 4) is 0 Å². The summed E-state index contributed by atoms with van der Waals surface area (Å²) in [6.07, 6.45) is 18.0. The van der Waals surface area contributed by atoms with E-state index in [1.54, 1.807) is 0 Å². The molecule has 2 aliphatic heterocycles. The molecule has 1 spiro atoms. The van der Waals surface area contributed by atoms with Gasteiger partial charge in [-0.2, -0.15) is 0 Å². The normalized spacial score (nSPS) is 28.2. The number of likely N-dealkylation sites (tertiary alicyclic amines) is 1. The summed E-state index contributed by atoms with van der Waals surface area (Å²) in [4.78, 5) is 30.9. The Hall–Kier alpha value is -2.28. The van der Waals surface area contributed by atoms with E-state index in [9.17, 15) is 9.59 Å². The molecule has 3 amide bonds. The molecule has 3 saturated carbocycles. The first-order valence-corrected chi connectivity index (χ1v) is 16.0. The lowest BCUT2D eigenvalue weighted by Crippen LogP contribution is -2.55. The number of alkyl carbamates (subject to hydrolysis) is 1. The van der Waals surface area contributed by atoms with E-state index < -0.39 is 0 Å². The van der Waals surface area contributed by atoms with Gasteiger partial charge in [-0.1, -0.05) is 63.1 Å². The molecule has 2 atom stereocenters. The van der Waals surface area contributed by atoms with Crippen LogP contribution in [0.4, 0.5) is 15.3 Å². The van der Waals surface area contributed by atoms with Crippen LogP contribution < -0.4 is 15.5 Å². The number of anilines is 1. The zero-order chi connectivity index (χ0) is 26.7. The molecule has 1 aromatic rings. The number of nitrogens with one attached hydrogen (secondary N) is 2. The molecule has 214 valence electrons. The number of carbonyl (C=O) groups is 2. The maximum Gasteiger partial charge on any atom is 0.407 e. The van der Waals surface area contributed by atoms with Crippen LogP contribution in [-0.2, 0) is 10.2 Å². The first-order chi connectivity index (χ1) is 19.1. The number of amides is 3. The molecule has 0 bridgehead atoms. The summed E-state index contributed by atoms with van der Waals surface area (Å²) >= 11 is 0. The van der Waals surface area contributed by atoms with Crippen LogP contribution in [-0.4, -0.2) is 60.9 Å². The van der Waals surface area contributed by atoms with Crippen molar-refractivity contribution >= 4 is 17.8 Å². The van der Waals surface area contributed by atoms with Crippen molar-refractivity contribution in [2.45, 2.75) is 132 Å². The fourth-order valence-electron chi connectivity index (χ4n) is 8.24.